The summed E-state index contributed by atoms with van der Waals surface area (Å²) < 4.78 is 0. The molecule has 0 bridgehead atoms. The van der Waals surface area contributed by atoms with Crippen LogP contribution in [0, 0.1) is 90.6 Å². The van der Waals surface area contributed by atoms with Crippen molar-refractivity contribution in [1.29, 1.82) is 42.1 Å². The van der Waals surface area contributed by atoms with Gasteiger partial charge in [-0.05, 0) is 173 Å². The summed E-state index contributed by atoms with van der Waals surface area (Å²) in [6, 6.07) is 56.2. The average Bonchev–Trinajstić information content (AvgIpc) is 3.59. The lowest BCUT2D eigenvalue weighted by Crippen LogP contribution is -2.42. The van der Waals surface area contributed by atoms with Crippen LogP contribution in [-0.4, -0.2) is 48.3 Å². The predicted molar refractivity (Wildman–Crippen MR) is 340 cm³/mol. The van der Waals surface area contributed by atoms with Gasteiger partial charge in [-0.2, -0.15) is 42.1 Å². The lowest BCUT2D eigenvalue weighted by atomic mass is 10.0. The summed E-state index contributed by atoms with van der Waals surface area (Å²) in [6.45, 7) is 16.4. The lowest BCUT2D eigenvalue weighted by Gasteiger charge is -2.35. The highest BCUT2D eigenvalue weighted by Gasteiger charge is 2.31. The van der Waals surface area contributed by atoms with E-state index in [1.54, 1.807) is 0 Å². The third-order valence-corrected chi connectivity index (χ3v) is 15.4. The van der Waals surface area contributed by atoms with Gasteiger partial charge in [-0.3, -0.25) is 0 Å². The van der Waals surface area contributed by atoms with Crippen LogP contribution in [0.3, 0.4) is 0 Å². The Bertz CT molecular complexity index is 2640. The second-order valence-corrected chi connectivity index (χ2v) is 21.4. The summed E-state index contributed by atoms with van der Waals surface area (Å²) >= 11 is 0. The fraction of sp³-hybridized carbons (Fsp3) is 0.457. The Kier molecular flexibility index (Phi) is 26.8. The van der Waals surface area contributed by atoms with Gasteiger partial charge < -0.3 is 29.4 Å². The van der Waals surface area contributed by atoms with Gasteiger partial charge in [-0.25, -0.2) is 0 Å². The van der Waals surface area contributed by atoms with Crippen molar-refractivity contribution in [2.45, 2.75) is 206 Å². The summed E-state index contributed by atoms with van der Waals surface area (Å²) in [5.41, 5.74) is 8.02. The first-order chi connectivity index (χ1) is 41.0. The normalized spacial score (nSPS) is 13.5. The highest BCUT2D eigenvalue weighted by atomic mass is 15.2. The number of hydrogen-bond acceptors (Lipinski definition) is 14. The largest absolute Gasteiger partial charge is 0.339 e. The number of rotatable bonds is 34. The Morgan fingerprint density at radius 1 is 0.214 bits per heavy atom. The minimum Gasteiger partial charge on any atom is -0.339 e. The van der Waals surface area contributed by atoms with E-state index >= 15 is 0 Å². The Hall–Kier alpha value is -9.18. The van der Waals surface area contributed by atoms with Gasteiger partial charge in [0.25, 0.3) is 0 Å². The van der Waals surface area contributed by atoms with E-state index in [1.165, 1.54) is 0 Å². The molecule has 5 rings (SSSR count). The first kappa shape index (κ1) is 65.6. The van der Waals surface area contributed by atoms with Crippen LogP contribution in [0.2, 0.25) is 0 Å². The Morgan fingerprint density at radius 3 is 0.417 bits per heavy atom. The molecule has 0 N–H and O–H groups in total. The summed E-state index contributed by atoms with van der Waals surface area (Å²) in [5, 5.41) is 83.4. The summed E-state index contributed by atoms with van der Waals surface area (Å²) in [5.74, 6) is 0. The molecule has 8 atom stereocenters. The molecule has 8 unspecified atom stereocenters. The van der Waals surface area contributed by atoms with Crippen molar-refractivity contribution >= 4 is 56.9 Å². The minimum atomic E-state index is -0.489. The standard InChI is InChI=1S/C70H84N14/c1-9-17-63(45-71)81(64(46-72)18-10-2)59-37-29-55(30-38-59)79(56-31-39-60(40-32-56)82(65(47-73)19-11-3)66(48-74)20-12-4)53-25-27-54(28-26-53)80(57-33-41-61(42-34-57)83(67(49-75)21-13-5)68(50-76)22-14-6)58-35-43-62(44-36-58)84(69(51-77)23-15-7)70(52-78)24-16-8/h25-44,63-70H,9-24H2,1-8H3. The zero-order valence-corrected chi connectivity index (χ0v) is 50.7. The lowest BCUT2D eigenvalue weighted by molar-refractivity contribution is 0.560. The molecule has 0 fully saturated rings. The molecule has 0 aliphatic heterocycles. The number of anilines is 10. The first-order valence-corrected chi connectivity index (χ1v) is 30.4. The van der Waals surface area contributed by atoms with Crippen molar-refractivity contribution in [1.82, 2.24) is 0 Å². The van der Waals surface area contributed by atoms with Gasteiger partial charge in [-0.15, -0.1) is 0 Å². The number of hydrogen-bond donors (Lipinski definition) is 0. The number of benzene rings is 5. The Morgan fingerprint density at radius 2 is 0.321 bits per heavy atom. The van der Waals surface area contributed by atoms with Crippen LogP contribution in [0.4, 0.5) is 56.9 Å². The Labute approximate surface area is 502 Å². The molecule has 0 heterocycles. The van der Waals surface area contributed by atoms with Crippen LogP contribution in [0.5, 0.6) is 0 Å². The third kappa shape index (κ3) is 16.1. The van der Waals surface area contributed by atoms with E-state index < -0.39 is 48.3 Å². The van der Waals surface area contributed by atoms with Crippen molar-refractivity contribution in [2.75, 3.05) is 29.4 Å². The Balaban J connectivity index is 1.75. The van der Waals surface area contributed by atoms with Crippen LogP contribution < -0.4 is 29.4 Å². The molecule has 0 spiro atoms. The van der Waals surface area contributed by atoms with Crippen molar-refractivity contribution in [3.05, 3.63) is 121 Å². The van der Waals surface area contributed by atoms with Crippen molar-refractivity contribution < 1.29 is 0 Å². The monoisotopic (exact) mass is 1120 g/mol. The van der Waals surface area contributed by atoms with E-state index in [0.717, 1.165) is 108 Å². The van der Waals surface area contributed by atoms with E-state index in [1.807, 2.05) is 172 Å². The molecule has 14 nitrogen and oxygen atoms in total. The zero-order chi connectivity index (χ0) is 61.0. The molecule has 0 aliphatic rings. The maximum atomic E-state index is 10.4. The van der Waals surface area contributed by atoms with Crippen LogP contribution in [0.15, 0.2) is 121 Å². The molecule has 5 aromatic carbocycles. The van der Waals surface area contributed by atoms with Crippen molar-refractivity contribution in [3.8, 4) is 48.6 Å². The molecule has 0 radical (unpaired) electrons. The minimum absolute atomic E-state index is 0.489. The predicted octanol–water partition coefficient (Wildman–Crippen LogP) is 17.4. The fourth-order valence-corrected chi connectivity index (χ4v) is 11.4. The first-order valence-electron chi connectivity index (χ1n) is 30.4. The highest BCUT2D eigenvalue weighted by molar-refractivity contribution is 5.83. The quantitative estimate of drug-likeness (QED) is 0.0375. The molecule has 434 valence electrons. The van der Waals surface area contributed by atoms with Crippen LogP contribution in [0.1, 0.15) is 158 Å². The maximum absolute atomic E-state index is 10.4. The number of nitrogens with zero attached hydrogens (tertiary/aromatic N) is 14. The van der Waals surface area contributed by atoms with Gasteiger partial charge >= 0.3 is 0 Å². The molecule has 14 heteroatoms. The average molecular weight is 1120 g/mol. The second-order valence-electron chi connectivity index (χ2n) is 21.4. The van der Waals surface area contributed by atoms with E-state index in [0.29, 0.717) is 51.4 Å². The van der Waals surface area contributed by atoms with Crippen molar-refractivity contribution in [3.63, 3.8) is 0 Å². The van der Waals surface area contributed by atoms with E-state index in [-0.39, 0.29) is 0 Å². The van der Waals surface area contributed by atoms with Gasteiger partial charge in [-0.1, -0.05) is 107 Å². The summed E-state index contributed by atoms with van der Waals surface area (Å²) in [7, 11) is 0. The fourth-order valence-electron chi connectivity index (χ4n) is 11.4. The van der Waals surface area contributed by atoms with E-state index in [9.17, 15) is 42.1 Å². The third-order valence-electron chi connectivity index (χ3n) is 15.4. The summed E-state index contributed by atoms with van der Waals surface area (Å²) in [4.78, 5) is 12.1. The maximum Gasteiger partial charge on any atom is 0.118 e. The highest BCUT2D eigenvalue weighted by Crippen LogP contribution is 2.42. The van der Waals surface area contributed by atoms with E-state index in [2.05, 4.69) is 82.6 Å². The second kappa shape index (κ2) is 34.3. The van der Waals surface area contributed by atoms with Crippen LogP contribution in [0.25, 0.3) is 0 Å². The molecular formula is C70H84N14. The molecule has 0 aliphatic carbocycles. The molecule has 0 aromatic heterocycles. The molecular weight excluding hydrogens is 1040 g/mol. The van der Waals surface area contributed by atoms with Crippen LogP contribution in [-0.2, 0) is 0 Å². The van der Waals surface area contributed by atoms with E-state index in [4.69, 9.17) is 0 Å². The zero-order valence-electron chi connectivity index (χ0n) is 50.7. The van der Waals surface area contributed by atoms with Crippen LogP contribution >= 0.6 is 0 Å². The number of nitriles is 8. The smallest absolute Gasteiger partial charge is 0.118 e. The molecule has 0 saturated heterocycles. The summed E-state index contributed by atoms with van der Waals surface area (Å²) in [6.07, 6.45) is 11.2. The SMILES string of the molecule is CCCC(C#N)N(c1ccc(N(c2ccc(N(c3ccc(N(C(C#N)CCC)C(C#N)CCC)cc3)c3ccc(N(C(C#N)CCC)C(C#N)CCC)cc3)cc2)c2ccc(N(C(C#N)CCC)C(C#N)CCC)cc2)cc1)C(C#N)CCC. The molecule has 5 aromatic rings. The van der Waals surface area contributed by atoms with Gasteiger partial charge in [0.2, 0.25) is 0 Å². The topological polar surface area (TPSA) is 210 Å². The van der Waals surface area contributed by atoms with Gasteiger partial charge in [0, 0.05) is 56.9 Å². The van der Waals surface area contributed by atoms with Gasteiger partial charge in [0.05, 0.1) is 48.6 Å². The molecule has 84 heavy (non-hydrogen) atoms. The van der Waals surface area contributed by atoms with Crippen molar-refractivity contribution in [2.24, 2.45) is 0 Å². The molecule has 0 amide bonds. The van der Waals surface area contributed by atoms with Gasteiger partial charge in [0.1, 0.15) is 48.3 Å². The van der Waals surface area contributed by atoms with Gasteiger partial charge in [0.15, 0.2) is 0 Å². The molecule has 0 saturated carbocycles.